The standard InChI is InChI=1S/C14H18BrNO2/c1-10-4-2-6-12(13(10)15)14(17)16-8-7-11-5-3-9-18-11/h2,4,6,11H,3,5,7-9H2,1H3,(H,16,17). The van der Waals surface area contributed by atoms with Gasteiger partial charge in [0.05, 0.1) is 11.7 Å². The average Bonchev–Trinajstić information content (AvgIpc) is 2.85. The van der Waals surface area contributed by atoms with Gasteiger partial charge in [-0.15, -0.1) is 0 Å². The number of rotatable bonds is 4. The summed E-state index contributed by atoms with van der Waals surface area (Å²) in [6, 6.07) is 5.71. The second-order valence-electron chi connectivity index (χ2n) is 4.62. The Bertz CT molecular complexity index is 428. The first-order valence-corrected chi connectivity index (χ1v) is 7.12. The lowest BCUT2D eigenvalue weighted by Gasteiger charge is -2.11. The fourth-order valence-electron chi connectivity index (χ4n) is 2.14. The van der Waals surface area contributed by atoms with E-state index < -0.39 is 0 Å². The molecular weight excluding hydrogens is 294 g/mol. The van der Waals surface area contributed by atoms with Crippen LogP contribution < -0.4 is 5.32 Å². The molecule has 0 saturated carbocycles. The molecule has 1 saturated heterocycles. The minimum absolute atomic E-state index is 0.0245. The Morgan fingerprint density at radius 2 is 2.39 bits per heavy atom. The van der Waals surface area contributed by atoms with Crippen molar-refractivity contribution in [3.05, 3.63) is 33.8 Å². The molecule has 1 aromatic carbocycles. The summed E-state index contributed by atoms with van der Waals surface area (Å²) in [5, 5.41) is 2.94. The highest BCUT2D eigenvalue weighted by Gasteiger charge is 2.16. The van der Waals surface area contributed by atoms with Crippen molar-refractivity contribution >= 4 is 21.8 Å². The number of hydrogen-bond donors (Lipinski definition) is 1. The summed E-state index contributed by atoms with van der Waals surface area (Å²) in [5.74, 6) is -0.0245. The number of aryl methyl sites for hydroxylation is 1. The highest BCUT2D eigenvalue weighted by Crippen LogP contribution is 2.21. The summed E-state index contributed by atoms with van der Waals surface area (Å²) in [4.78, 5) is 12.0. The van der Waals surface area contributed by atoms with Crippen LogP contribution in [-0.4, -0.2) is 25.2 Å². The number of benzene rings is 1. The van der Waals surface area contributed by atoms with Crippen molar-refractivity contribution in [2.45, 2.75) is 32.3 Å². The third-order valence-electron chi connectivity index (χ3n) is 3.21. The molecular formula is C14H18BrNO2. The molecule has 1 aromatic rings. The van der Waals surface area contributed by atoms with E-state index in [9.17, 15) is 4.79 Å². The molecule has 1 aliphatic rings. The highest BCUT2D eigenvalue weighted by molar-refractivity contribution is 9.10. The Morgan fingerprint density at radius 3 is 3.11 bits per heavy atom. The lowest BCUT2D eigenvalue weighted by molar-refractivity contribution is 0.0906. The van der Waals surface area contributed by atoms with E-state index >= 15 is 0 Å². The SMILES string of the molecule is Cc1cccc(C(=O)NCCC2CCCO2)c1Br. The number of halogens is 1. The maximum atomic E-state index is 12.0. The van der Waals surface area contributed by atoms with E-state index in [4.69, 9.17) is 4.74 Å². The minimum Gasteiger partial charge on any atom is -0.378 e. The van der Waals surface area contributed by atoms with Gasteiger partial charge in [0.15, 0.2) is 0 Å². The van der Waals surface area contributed by atoms with Gasteiger partial charge >= 0.3 is 0 Å². The molecule has 1 atom stereocenters. The normalized spacial score (nSPS) is 18.9. The van der Waals surface area contributed by atoms with E-state index in [2.05, 4.69) is 21.2 Å². The molecule has 4 heteroatoms. The summed E-state index contributed by atoms with van der Waals surface area (Å²) in [6.45, 7) is 3.51. The first-order chi connectivity index (χ1) is 8.68. The summed E-state index contributed by atoms with van der Waals surface area (Å²) < 4.78 is 6.40. The van der Waals surface area contributed by atoms with Crippen LogP contribution >= 0.6 is 15.9 Å². The van der Waals surface area contributed by atoms with Crippen LogP contribution in [0.25, 0.3) is 0 Å². The monoisotopic (exact) mass is 311 g/mol. The van der Waals surface area contributed by atoms with E-state index in [-0.39, 0.29) is 5.91 Å². The quantitative estimate of drug-likeness (QED) is 0.928. The first-order valence-electron chi connectivity index (χ1n) is 6.33. The van der Waals surface area contributed by atoms with Gasteiger partial charge in [0, 0.05) is 17.6 Å². The molecule has 0 spiro atoms. The van der Waals surface area contributed by atoms with Crippen LogP contribution in [-0.2, 0) is 4.74 Å². The number of carbonyl (C=O) groups excluding carboxylic acids is 1. The molecule has 1 amide bonds. The van der Waals surface area contributed by atoms with Crippen LogP contribution in [0, 0.1) is 6.92 Å². The highest BCUT2D eigenvalue weighted by atomic mass is 79.9. The maximum Gasteiger partial charge on any atom is 0.252 e. The largest absolute Gasteiger partial charge is 0.378 e. The predicted octanol–water partition coefficient (Wildman–Crippen LogP) is 3.06. The number of nitrogens with one attached hydrogen (secondary N) is 1. The van der Waals surface area contributed by atoms with E-state index in [1.165, 1.54) is 0 Å². The number of ether oxygens (including phenoxy) is 1. The smallest absolute Gasteiger partial charge is 0.252 e. The van der Waals surface area contributed by atoms with Crippen LogP contribution in [0.4, 0.5) is 0 Å². The van der Waals surface area contributed by atoms with Crippen molar-refractivity contribution < 1.29 is 9.53 Å². The third kappa shape index (κ3) is 3.33. The molecule has 18 heavy (non-hydrogen) atoms. The maximum absolute atomic E-state index is 12.0. The molecule has 0 radical (unpaired) electrons. The van der Waals surface area contributed by atoms with Crippen LogP contribution in [0.5, 0.6) is 0 Å². The minimum atomic E-state index is -0.0245. The lowest BCUT2D eigenvalue weighted by atomic mass is 10.1. The Hall–Kier alpha value is -0.870. The zero-order valence-electron chi connectivity index (χ0n) is 10.5. The summed E-state index contributed by atoms with van der Waals surface area (Å²) >= 11 is 3.45. The molecule has 98 valence electrons. The van der Waals surface area contributed by atoms with Crippen molar-refractivity contribution in [2.24, 2.45) is 0 Å². The van der Waals surface area contributed by atoms with E-state index in [1.54, 1.807) is 0 Å². The van der Waals surface area contributed by atoms with E-state index in [0.717, 1.165) is 35.9 Å². The van der Waals surface area contributed by atoms with Gasteiger partial charge in [-0.1, -0.05) is 12.1 Å². The fourth-order valence-corrected chi connectivity index (χ4v) is 2.58. The molecule has 3 nitrogen and oxygen atoms in total. The second-order valence-corrected chi connectivity index (χ2v) is 5.41. The van der Waals surface area contributed by atoms with Crippen LogP contribution in [0.2, 0.25) is 0 Å². The molecule has 1 N–H and O–H groups in total. The van der Waals surface area contributed by atoms with Gasteiger partial charge in [0.25, 0.3) is 5.91 Å². The number of carbonyl (C=O) groups is 1. The van der Waals surface area contributed by atoms with Crippen LogP contribution in [0.1, 0.15) is 35.2 Å². The second kappa shape index (κ2) is 6.34. The Morgan fingerprint density at radius 1 is 1.56 bits per heavy atom. The van der Waals surface area contributed by atoms with Crippen molar-refractivity contribution in [3.8, 4) is 0 Å². The summed E-state index contributed by atoms with van der Waals surface area (Å²) in [7, 11) is 0. The molecule has 2 rings (SSSR count). The summed E-state index contributed by atoms with van der Waals surface area (Å²) in [5.41, 5.74) is 1.77. The topological polar surface area (TPSA) is 38.3 Å². The predicted molar refractivity (Wildman–Crippen MR) is 74.8 cm³/mol. The molecule has 1 heterocycles. The van der Waals surface area contributed by atoms with Crippen LogP contribution in [0.3, 0.4) is 0 Å². The average molecular weight is 312 g/mol. The van der Waals surface area contributed by atoms with Crippen LogP contribution in [0.15, 0.2) is 22.7 Å². The first kappa shape index (κ1) is 13.6. The van der Waals surface area contributed by atoms with Gasteiger partial charge in [-0.3, -0.25) is 4.79 Å². The number of amides is 1. The van der Waals surface area contributed by atoms with E-state index in [1.807, 2.05) is 25.1 Å². The zero-order valence-corrected chi connectivity index (χ0v) is 12.1. The van der Waals surface area contributed by atoms with Gasteiger partial charge in [0.2, 0.25) is 0 Å². The molecule has 1 aliphatic heterocycles. The fraction of sp³-hybridized carbons (Fsp3) is 0.500. The third-order valence-corrected chi connectivity index (χ3v) is 4.26. The van der Waals surface area contributed by atoms with Gasteiger partial charge in [-0.25, -0.2) is 0 Å². The van der Waals surface area contributed by atoms with Gasteiger partial charge in [-0.05, 0) is 53.7 Å². The van der Waals surface area contributed by atoms with Gasteiger partial charge in [-0.2, -0.15) is 0 Å². The lowest BCUT2D eigenvalue weighted by Crippen LogP contribution is -2.27. The molecule has 0 aliphatic carbocycles. The molecule has 1 fully saturated rings. The zero-order chi connectivity index (χ0) is 13.0. The molecule has 0 bridgehead atoms. The van der Waals surface area contributed by atoms with E-state index in [0.29, 0.717) is 18.2 Å². The Kier molecular flexibility index (Phi) is 4.78. The van der Waals surface area contributed by atoms with Gasteiger partial charge in [0.1, 0.15) is 0 Å². The summed E-state index contributed by atoms with van der Waals surface area (Å²) in [6.07, 6.45) is 3.48. The van der Waals surface area contributed by atoms with Crippen molar-refractivity contribution in [1.82, 2.24) is 5.32 Å². The Balaban J connectivity index is 1.85. The van der Waals surface area contributed by atoms with Crippen molar-refractivity contribution in [3.63, 3.8) is 0 Å². The van der Waals surface area contributed by atoms with Crippen molar-refractivity contribution in [1.29, 1.82) is 0 Å². The number of hydrogen-bond acceptors (Lipinski definition) is 2. The molecule has 0 aromatic heterocycles. The Labute approximate surface area is 116 Å². The molecule has 1 unspecified atom stereocenters. The van der Waals surface area contributed by atoms with Gasteiger partial charge < -0.3 is 10.1 Å². The van der Waals surface area contributed by atoms with Crippen molar-refractivity contribution in [2.75, 3.05) is 13.2 Å².